The van der Waals surface area contributed by atoms with Crippen molar-refractivity contribution < 1.29 is 4.42 Å². The summed E-state index contributed by atoms with van der Waals surface area (Å²) in [4.78, 5) is 16.6. The van der Waals surface area contributed by atoms with E-state index < -0.39 is 0 Å². The van der Waals surface area contributed by atoms with E-state index >= 15 is 0 Å². The molecule has 3 rings (SSSR count). The van der Waals surface area contributed by atoms with Gasteiger partial charge in [0, 0.05) is 24.9 Å². The molecule has 124 valence electrons. The molecule has 1 aliphatic carbocycles. The molecule has 23 heavy (non-hydrogen) atoms. The SMILES string of the molecule is CC(C)Cn1ccnc(Sc2nnc(C3CCCCC3)o2)c1=O. The summed E-state index contributed by atoms with van der Waals surface area (Å²) in [6.45, 7) is 4.83. The van der Waals surface area contributed by atoms with E-state index in [-0.39, 0.29) is 5.56 Å². The topological polar surface area (TPSA) is 73.8 Å². The first-order valence-corrected chi connectivity index (χ1v) is 9.02. The Morgan fingerprint density at radius 1 is 1.30 bits per heavy atom. The summed E-state index contributed by atoms with van der Waals surface area (Å²) in [7, 11) is 0. The summed E-state index contributed by atoms with van der Waals surface area (Å²) in [6, 6.07) is 0. The molecule has 0 amide bonds. The first-order valence-electron chi connectivity index (χ1n) is 8.20. The molecular formula is C16H22N4O2S. The van der Waals surface area contributed by atoms with Gasteiger partial charge in [-0.3, -0.25) is 4.79 Å². The molecule has 1 saturated carbocycles. The summed E-state index contributed by atoms with van der Waals surface area (Å²) in [5, 5.41) is 9.02. The Hall–Kier alpha value is -1.63. The lowest BCUT2D eigenvalue weighted by Gasteiger charge is -2.17. The van der Waals surface area contributed by atoms with Gasteiger partial charge in [0.2, 0.25) is 5.89 Å². The van der Waals surface area contributed by atoms with Crippen LogP contribution in [0.2, 0.25) is 0 Å². The van der Waals surface area contributed by atoms with Gasteiger partial charge < -0.3 is 8.98 Å². The van der Waals surface area contributed by atoms with Gasteiger partial charge in [-0.15, -0.1) is 10.2 Å². The Balaban J connectivity index is 1.75. The fourth-order valence-corrected chi connectivity index (χ4v) is 3.59. The zero-order valence-electron chi connectivity index (χ0n) is 13.6. The minimum atomic E-state index is -0.108. The van der Waals surface area contributed by atoms with E-state index in [1.54, 1.807) is 17.0 Å². The summed E-state index contributed by atoms with van der Waals surface area (Å²) < 4.78 is 7.43. The summed E-state index contributed by atoms with van der Waals surface area (Å²) in [5.74, 6) is 1.46. The van der Waals surface area contributed by atoms with E-state index in [4.69, 9.17) is 4.42 Å². The molecule has 2 aromatic heterocycles. The van der Waals surface area contributed by atoms with Crippen molar-refractivity contribution in [1.29, 1.82) is 0 Å². The van der Waals surface area contributed by atoms with E-state index in [0.717, 1.165) is 24.6 Å². The first-order chi connectivity index (χ1) is 11.1. The van der Waals surface area contributed by atoms with Crippen molar-refractivity contribution in [2.75, 3.05) is 0 Å². The van der Waals surface area contributed by atoms with Gasteiger partial charge in [-0.25, -0.2) is 4.98 Å². The first kappa shape index (κ1) is 16.2. The molecule has 0 atom stereocenters. The molecule has 7 heteroatoms. The van der Waals surface area contributed by atoms with E-state index in [0.29, 0.717) is 34.5 Å². The molecule has 2 aromatic rings. The molecule has 1 aliphatic rings. The fraction of sp³-hybridized carbons (Fsp3) is 0.625. The molecule has 1 fully saturated rings. The second-order valence-electron chi connectivity index (χ2n) is 6.43. The molecular weight excluding hydrogens is 312 g/mol. The third-order valence-electron chi connectivity index (χ3n) is 4.00. The predicted molar refractivity (Wildman–Crippen MR) is 87.6 cm³/mol. The maximum Gasteiger partial charge on any atom is 0.283 e. The lowest BCUT2D eigenvalue weighted by Crippen LogP contribution is -2.24. The van der Waals surface area contributed by atoms with Crippen LogP contribution in [0.25, 0.3) is 0 Å². The van der Waals surface area contributed by atoms with Gasteiger partial charge in [-0.2, -0.15) is 0 Å². The number of hydrogen-bond donors (Lipinski definition) is 0. The van der Waals surface area contributed by atoms with Crippen LogP contribution in [0, 0.1) is 5.92 Å². The van der Waals surface area contributed by atoms with Crippen molar-refractivity contribution in [3.05, 3.63) is 28.6 Å². The van der Waals surface area contributed by atoms with Crippen LogP contribution in [0.5, 0.6) is 0 Å². The number of nitrogens with zero attached hydrogens (tertiary/aromatic N) is 4. The normalized spacial score (nSPS) is 16.1. The quantitative estimate of drug-likeness (QED) is 0.833. The Kier molecular flexibility index (Phi) is 5.15. The van der Waals surface area contributed by atoms with Gasteiger partial charge in [0.1, 0.15) is 0 Å². The highest BCUT2D eigenvalue weighted by Gasteiger charge is 2.22. The fourth-order valence-electron chi connectivity index (χ4n) is 2.89. The van der Waals surface area contributed by atoms with Crippen LogP contribution in [-0.4, -0.2) is 19.7 Å². The van der Waals surface area contributed by atoms with Crippen LogP contribution in [0.3, 0.4) is 0 Å². The predicted octanol–water partition coefficient (Wildman–Crippen LogP) is 3.48. The number of hydrogen-bond acceptors (Lipinski definition) is 6. The van der Waals surface area contributed by atoms with Gasteiger partial charge in [0.15, 0.2) is 5.03 Å². The Bertz CT molecular complexity index is 704. The van der Waals surface area contributed by atoms with Crippen LogP contribution in [0.1, 0.15) is 57.8 Å². The highest BCUT2D eigenvalue weighted by molar-refractivity contribution is 7.99. The second kappa shape index (κ2) is 7.29. The molecule has 0 radical (unpaired) electrons. The van der Waals surface area contributed by atoms with Gasteiger partial charge in [0.25, 0.3) is 10.8 Å². The molecule has 0 bridgehead atoms. The van der Waals surface area contributed by atoms with E-state index in [1.165, 1.54) is 19.3 Å². The Morgan fingerprint density at radius 2 is 2.09 bits per heavy atom. The molecule has 2 heterocycles. The Morgan fingerprint density at radius 3 is 2.83 bits per heavy atom. The third kappa shape index (κ3) is 4.02. The van der Waals surface area contributed by atoms with Crippen molar-refractivity contribution in [2.24, 2.45) is 5.92 Å². The van der Waals surface area contributed by atoms with Gasteiger partial charge >= 0.3 is 0 Å². The lowest BCUT2D eigenvalue weighted by molar-refractivity contribution is 0.334. The minimum Gasteiger partial charge on any atom is -0.415 e. The zero-order chi connectivity index (χ0) is 16.2. The van der Waals surface area contributed by atoms with Gasteiger partial charge in [0.05, 0.1) is 0 Å². The minimum absolute atomic E-state index is 0.108. The van der Waals surface area contributed by atoms with Crippen molar-refractivity contribution in [3.63, 3.8) is 0 Å². The standard InChI is InChI=1S/C16H22N4O2S/c1-11(2)10-20-9-8-17-14(15(20)21)23-16-19-18-13(22-16)12-6-4-3-5-7-12/h8-9,11-12H,3-7,10H2,1-2H3. The Labute approximate surface area is 139 Å². The zero-order valence-corrected chi connectivity index (χ0v) is 14.4. The van der Waals surface area contributed by atoms with E-state index in [1.807, 2.05) is 0 Å². The van der Waals surface area contributed by atoms with Crippen LogP contribution >= 0.6 is 11.8 Å². The van der Waals surface area contributed by atoms with Crippen LogP contribution in [-0.2, 0) is 6.54 Å². The molecule has 0 saturated heterocycles. The lowest BCUT2D eigenvalue weighted by atomic mass is 9.89. The monoisotopic (exact) mass is 334 g/mol. The van der Waals surface area contributed by atoms with Crippen molar-refractivity contribution in [2.45, 2.75) is 68.7 Å². The smallest absolute Gasteiger partial charge is 0.283 e. The summed E-state index contributed by atoms with van der Waals surface area (Å²) in [6.07, 6.45) is 9.30. The number of rotatable bonds is 5. The maximum absolute atomic E-state index is 12.4. The van der Waals surface area contributed by atoms with Crippen molar-refractivity contribution in [1.82, 2.24) is 19.7 Å². The van der Waals surface area contributed by atoms with Crippen LogP contribution in [0.15, 0.2) is 31.9 Å². The molecule has 0 aliphatic heterocycles. The molecule has 0 N–H and O–H groups in total. The molecule has 0 unspecified atom stereocenters. The highest BCUT2D eigenvalue weighted by atomic mass is 32.2. The van der Waals surface area contributed by atoms with E-state index in [2.05, 4.69) is 29.0 Å². The van der Waals surface area contributed by atoms with Gasteiger partial charge in [-0.1, -0.05) is 33.1 Å². The van der Waals surface area contributed by atoms with Crippen molar-refractivity contribution in [3.8, 4) is 0 Å². The second-order valence-corrected chi connectivity index (χ2v) is 7.37. The molecule has 0 aromatic carbocycles. The molecule has 6 nitrogen and oxygen atoms in total. The largest absolute Gasteiger partial charge is 0.415 e. The van der Waals surface area contributed by atoms with E-state index in [9.17, 15) is 4.79 Å². The maximum atomic E-state index is 12.4. The summed E-state index contributed by atoms with van der Waals surface area (Å²) in [5.41, 5.74) is -0.108. The average Bonchev–Trinajstić information content (AvgIpc) is 3.00. The third-order valence-corrected chi connectivity index (χ3v) is 4.82. The molecule has 0 spiro atoms. The summed E-state index contributed by atoms with van der Waals surface area (Å²) >= 11 is 1.16. The highest BCUT2D eigenvalue weighted by Crippen LogP contribution is 2.33. The van der Waals surface area contributed by atoms with Gasteiger partial charge in [-0.05, 0) is 30.5 Å². The van der Waals surface area contributed by atoms with Crippen molar-refractivity contribution >= 4 is 11.8 Å². The van der Waals surface area contributed by atoms with Crippen LogP contribution in [0.4, 0.5) is 0 Å². The number of aromatic nitrogens is 4. The average molecular weight is 334 g/mol. The van der Waals surface area contributed by atoms with Crippen LogP contribution < -0.4 is 5.56 Å².